The normalized spacial score (nSPS) is 12.4. The maximum atomic E-state index is 4.34. The monoisotopic (exact) mass is 291 g/mol. The van der Waals surface area contributed by atoms with Gasteiger partial charge in [-0.25, -0.2) is 0 Å². The van der Waals surface area contributed by atoms with E-state index >= 15 is 0 Å². The summed E-state index contributed by atoms with van der Waals surface area (Å²) in [6, 6.07) is 8.29. The van der Waals surface area contributed by atoms with E-state index in [1.54, 1.807) is 6.20 Å². The van der Waals surface area contributed by atoms with E-state index in [9.17, 15) is 0 Å². The van der Waals surface area contributed by atoms with Gasteiger partial charge in [0.15, 0.2) is 0 Å². The Morgan fingerprint density at radius 1 is 1.35 bits per heavy atom. The van der Waals surface area contributed by atoms with E-state index in [0.29, 0.717) is 0 Å². The maximum Gasteiger partial charge on any atom is 0.0422 e. The summed E-state index contributed by atoms with van der Waals surface area (Å²) in [5.41, 5.74) is 2.24. The van der Waals surface area contributed by atoms with Gasteiger partial charge in [-0.15, -0.1) is 0 Å². The summed E-state index contributed by atoms with van der Waals surface area (Å²) in [4.78, 5) is 8.53. The largest absolute Gasteiger partial charge is 0.313 e. The molecular formula is C13H14BrN3. The van der Waals surface area contributed by atoms with Crippen LogP contribution in [0, 0.1) is 0 Å². The summed E-state index contributed by atoms with van der Waals surface area (Å²) in [5.74, 6) is 0. The Kier molecular flexibility index (Phi) is 4.23. The third kappa shape index (κ3) is 3.35. The number of aromatic nitrogens is 2. The molecule has 0 aromatic carbocycles. The van der Waals surface area contributed by atoms with Crippen molar-refractivity contribution < 1.29 is 0 Å². The molecule has 17 heavy (non-hydrogen) atoms. The lowest BCUT2D eigenvalue weighted by molar-refractivity contribution is 0.582. The van der Waals surface area contributed by atoms with Crippen molar-refractivity contribution in [1.29, 1.82) is 0 Å². The van der Waals surface area contributed by atoms with Crippen molar-refractivity contribution in [1.82, 2.24) is 15.3 Å². The lowest BCUT2D eigenvalue weighted by Gasteiger charge is -2.16. The highest BCUT2D eigenvalue weighted by atomic mass is 79.9. The zero-order valence-corrected chi connectivity index (χ0v) is 11.2. The summed E-state index contributed by atoms with van der Waals surface area (Å²) in [6.45, 7) is 0. The standard InChI is InChI=1S/C13H14BrN3/c1-15-13(7-12-4-2-3-5-17-12)10-6-11(14)9-16-8-10/h2-6,8-9,13,15H,7H2,1H3. The van der Waals surface area contributed by atoms with Crippen LogP contribution in [-0.4, -0.2) is 17.0 Å². The van der Waals surface area contributed by atoms with Gasteiger partial charge in [-0.05, 0) is 46.7 Å². The molecule has 0 aliphatic heterocycles. The molecule has 2 heterocycles. The summed E-state index contributed by atoms with van der Waals surface area (Å²) < 4.78 is 0.997. The molecule has 88 valence electrons. The number of pyridine rings is 2. The van der Waals surface area contributed by atoms with E-state index in [-0.39, 0.29) is 6.04 Å². The van der Waals surface area contributed by atoms with Crippen molar-refractivity contribution in [3.63, 3.8) is 0 Å². The molecule has 0 aliphatic carbocycles. The predicted molar refractivity (Wildman–Crippen MR) is 71.7 cm³/mol. The fourth-order valence-corrected chi connectivity index (χ4v) is 2.12. The number of rotatable bonds is 4. The van der Waals surface area contributed by atoms with Gasteiger partial charge in [-0.3, -0.25) is 9.97 Å². The number of nitrogens with zero attached hydrogens (tertiary/aromatic N) is 2. The molecule has 0 radical (unpaired) electrons. The van der Waals surface area contributed by atoms with Gasteiger partial charge in [0, 0.05) is 41.2 Å². The second kappa shape index (κ2) is 5.89. The van der Waals surface area contributed by atoms with Crippen molar-refractivity contribution in [3.05, 3.63) is 58.6 Å². The van der Waals surface area contributed by atoms with Crippen LogP contribution in [0.1, 0.15) is 17.3 Å². The summed E-state index contributed by atoms with van der Waals surface area (Å²) in [7, 11) is 1.95. The van der Waals surface area contributed by atoms with E-state index in [1.165, 1.54) is 0 Å². The fraction of sp³-hybridized carbons (Fsp3) is 0.231. The third-order valence-corrected chi connectivity index (χ3v) is 3.05. The zero-order valence-electron chi connectivity index (χ0n) is 9.60. The number of nitrogens with one attached hydrogen (secondary N) is 1. The van der Waals surface area contributed by atoms with Gasteiger partial charge in [0.2, 0.25) is 0 Å². The van der Waals surface area contributed by atoms with Crippen LogP contribution in [-0.2, 0) is 6.42 Å². The molecule has 0 spiro atoms. The molecule has 1 unspecified atom stereocenters. The van der Waals surface area contributed by atoms with Crippen molar-refractivity contribution in [3.8, 4) is 0 Å². The van der Waals surface area contributed by atoms with Crippen molar-refractivity contribution in [2.45, 2.75) is 12.5 Å². The highest BCUT2D eigenvalue weighted by Gasteiger charge is 2.11. The minimum absolute atomic E-state index is 0.231. The summed E-state index contributed by atoms with van der Waals surface area (Å²) >= 11 is 3.44. The van der Waals surface area contributed by atoms with Crippen LogP contribution < -0.4 is 5.32 Å². The second-order valence-electron chi connectivity index (χ2n) is 3.80. The Balaban J connectivity index is 2.17. The number of halogens is 1. The van der Waals surface area contributed by atoms with Crippen LogP contribution in [0.2, 0.25) is 0 Å². The summed E-state index contributed by atoms with van der Waals surface area (Å²) in [6.07, 6.45) is 6.35. The molecule has 1 atom stereocenters. The Hall–Kier alpha value is -1.26. The highest BCUT2D eigenvalue weighted by molar-refractivity contribution is 9.10. The van der Waals surface area contributed by atoms with Gasteiger partial charge in [0.1, 0.15) is 0 Å². The minimum atomic E-state index is 0.231. The van der Waals surface area contributed by atoms with Crippen molar-refractivity contribution >= 4 is 15.9 Å². The summed E-state index contributed by atoms with van der Waals surface area (Å²) in [5, 5.41) is 3.29. The van der Waals surface area contributed by atoms with Crippen LogP contribution in [0.25, 0.3) is 0 Å². The van der Waals surface area contributed by atoms with Gasteiger partial charge in [0.05, 0.1) is 0 Å². The van der Waals surface area contributed by atoms with E-state index in [1.807, 2.05) is 37.6 Å². The fourth-order valence-electron chi connectivity index (χ4n) is 1.73. The molecule has 2 aromatic rings. The van der Waals surface area contributed by atoms with Crippen LogP contribution in [0.15, 0.2) is 47.3 Å². The molecule has 0 saturated heterocycles. The molecular weight excluding hydrogens is 278 g/mol. The zero-order chi connectivity index (χ0) is 12.1. The Labute approximate surface area is 109 Å². The topological polar surface area (TPSA) is 37.8 Å². The van der Waals surface area contributed by atoms with Crippen molar-refractivity contribution in [2.75, 3.05) is 7.05 Å². The van der Waals surface area contributed by atoms with E-state index < -0.39 is 0 Å². The smallest absolute Gasteiger partial charge is 0.0422 e. The molecule has 3 nitrogen and oxygen atoms in total. The average molecular weight is 292 g/mol. The van der Waals surface area contributed by atoms with E-state index in [2.05, 4.69) is 37.3 Å². The molecule has 4 heteroatoms. The van der Waals surface area contributed by atoms with Gasteiger partial charge >= 0.3 is 0 Å². The first kappa shape index (κ1) is 12.2. The Morgan fingerprint density at radius 3 is 2.88 bits per heavy atom. The molecule has 0 fully saturated rings. The van der Waals surface area contributed by atoms with Gasteiger partial charge < -0.3 is 5.32 Å². The third-order valence-electron chi connectivity index (χ3n) is 2.62. The van der Waals surface area contributed by atoms with Gasteiger partial charge in [-0.2, -0.15) is 0 Å². The van der Waals surface area contributed by atoms with Crippen LogP contribution in [0.4, 0.5) is 0 Å². The predicted octanol–water partition coefficient (Wildman–Crippen LogP) is 2.74. The van der Waals surface area contributed by atoms with Crippen LogP contribution in [0.3, 0.4) is 0 Å². The van der Waals surface area contributed by atoms with Crippen molar-refractivity contribution in [2.24, 2.45) is 0 Å². The maximum absolute atomic E-state index is 4.34. The molecule has 0 saturated carbocycles. The van der Waals surface area contributed by atoms with Gasteiger partial charge in [-0.1, -0.05) is 6.07 Å². The van der Waals surface area contributed by atoms with Gasteiger partial charge in [0.25, 0.3) is 0 Å². The molecule has 2 aromatic heterocycles. The highest BCUT2D eigenvalue weighted by Crippen LogP contribution is 2.19. The first-order valence-electron chi connectivity index (χ1n) is 5.47. The molecule has 0 bridgehead atoms. The molecule has 1 N–H and O–H groups in total. The number of hydrogen-bond donors (Lipinski definition) is 1. The molecule has 0 aliphatic rings. The van der Waals surface area contributed by atoms with Crippen LogP contribution >= 0.6 is 15.9 Å². The molecule has 2 rings (SSSR count). The minimum Gasteiger partial charge on any atom is -0.313 e. The van der Waals surface area contributed by atoms with E-state index in [0.717, 1.165) is 22.2 Å². The number of likely N-dealkylation sites (N-methyl/N-ethyl adjacent to an activating group) is 1. The molecule has 0 amide bonds. The van der Waals surface area contributed by atoms with Crippen LogP contribution in [0.5, 0.6) is 0 Å². The quantitative estimate of drug-likeness (QED) is 0.941. The van der Waals surface area contributed by atoms with E-state index in [4.69, 9.17) is 0 Å². The second-order valence-corrected chi connectivity index (χ2v) is 4.72. The first-order valence-corrected chi connectivity index (χ1v) is 6.26. The lowest BCUT2D eigenvalue weighted by atomic mass is 10.0. The lowest BCUT2D eigenvalue weighted by Crippen LogP contribution is -2.19. The number of hydrogen-bond acceptors (Lipinski definition) is 3. The average Bonchev–Trinajstić information content (AvgIpc) is 2.37. The SMILES string of the molecule is CNC(Cc1ccccn1)c1cncc(Br)c1. The first-order chi connectivity index (χ1) is 8.29. The Bertz CT molecular complexity index is 473. The Morgan fingerprint density at radius 2 is 2.24 bits per heavy atom.